The Labute approximate surface area is 141 Å². The van der Waals surface area contributed by atoms with Crippen molar-refractivity contribution in [2.75, 3.05) is 19.8 Å². The van der Waals surface area contributed by atoms with E-state index in [9.17, 15) is 9.59 Å². The van der Waals surface area contributed by atoms with Gasteiger partial charge in [0.1, 0.15) is 17.6 Å². The Hall–Kier alpha value is -3.00. The van der Waals surface area contributed by atoms with E-state index in [0.29, 0.717) is 47.5 Å². The van der Waals surface area contributed by atoms with Crippen LogP contribution in [0.3, 0.4) is 0 Å². The minimum absolute atomic E-state index is 0.00242. The number of cyclic esters (lactones) is 1. The number of ether oxygens (including phenoxy) is 2. The van der Waals surface area contributed by atoms with Gasteiger partial charge in [-0.15, -0.1) is 0 Å². The van der Waals surface area contributed by atoms with Crippen LogP contribution in [0.1, 0.15) is 17.9 Å². The molecular formula is C17H13N3O5. The van der Waals surface area contributed by atoms with E-state index in [1.165, 1.54) is 0 Å². The maximum Gasteiger partial charge on any atom is 0.336 e. The summed E-state index contributed by atoms with van der Waals surface area (Å²) in [5.74, 6) is -1.04. The number of benzene rings is 1. The molecule has 1 aromatic carbocycles. The van der Waals surface area contributed by atoms with E-state index in [4.69, 9.17) is 14.1 Å². The number of carbonyl (C=O) groups is 2. The van der Waals surface area contributed by atoms with Gasteiger partial charge in [-0.1, -0.05) is 6.07 Å². The van der Waals surface area contributed by atoms with Crippen molar-refractivity contribution in [3.05, 3.63) is 46.3 Å². The molecule has 0 amide bonds. The third-order valence-corrected chi connectivity index (χ3v) is 4.73. The van der Waals surface area contributed by atoms with Gasteiger partial charge in [0.05, 0.1) is 18.8 Å². The highest BCUT2D eigenvalue weighted by Crippen LogP contribution is 2.42. The number of aromatic nitrogens is 2. The smallest absolute Gasteiger partial charge is 0.336 e. The molecule has 25 heavy (non-hydrogen) atoms. The highest BCUT2D eigenvalue weighted by molar-refractivity contribution is 6.04. The maximum atomic E-state index is 12.6. The van der Waals surface area contributed by atoms with Crippen LogP contribution in [0.2, 0.25) is 0 Å². The van der Waals surface area contributed by atoms with Gasteiger partial charge in [-0.05, 0) is 28.0 Å². The lowest BCUT2D eigenvalue weighted by Crippen LogP contribution is -2.40. The third-order valence-electron chi connectivity index (χ3n) is 4.73. The largest absolute Gasteiger partial charge is 0.462 e. The zero-order chi connectivity index (χ0) is 17.0. The monoisotopic (exact) mass is 339 g/mol. The summed E-state index contributed by atoms with van der Waals surface area (Å²) in [6.45, 7) is 0.640. The number of hydrogen-bond donors (Lipinski definition) is 1. The Morgan fingerprint density at radius 2 is 1.92 bits per heavy atom. The molecular weight excluding hydrogens is 326 g/mol. The summed E-state index contributed by atoms with van der Waals surface area (Å²) in [6.07, 6.45) is 0.580. The summed E-state index contributed by atoms with van der Waals surface area (Å²) in [6, 6.07) is 5.39. The molecule has 0 aliphatic carbocycles. The molecule has 5 rings (SSSR count). The van der Waals surface area contributed by atoms with Crippen molar-refractivity contribution >= 4 is 22.8 Å². The molecule has 4 heterocycles. The Morgan fingerprint density at radius 3 is 2.84 bits per heavy atom. The van der Waals surface area contributed by atoms with Gasteiger partial charge in [0.2, 0.25) is 0 Å². The number of esters is 1. The minimum Gasteiger partial charge on any atom is -0.462 e. The Morgan fingerprint density at radius 1 is 1.04 bits per heavy atom. The van der Waals surface area contributed by atoms with Crippen LogP contribution in [0.15, 0.2) is 45.4 Å². The Kier molecular flexibility index (Phi) is 3.01. The molecule has 3 aliphatic rings. The van der Waals surface area contributed by atoms with Crippen molar-refractivity contribution in [3.8, 4) is 0 Å². The molecule has 1 aromatic heterocycles. The van der Waals surface area contributed by atoms with Crippen LogP contribution in [0.4, 0.5) is 0 Å². The average Bonchev–Trinajstić information content (AvgIpc) is 3.08. The van der Waals surface area contributed by atoms with E-state index in [1.54, 1.807) is 12.1 Å². The quantitative estimate of drug-likeness (QED) is 0.767. The number of Topliss-reactive ketones (excluding diaryl/α,β-unsaturated/α-hetero) is 1. The molecule has 0 bridgehead atoms. The van der Waals surface area contributed by atoms with Crippen LogP contribution >= 0.6 is 0 Å². The first-order valence-electron chi connectivity index (χ1n) is 7.96. The molecule has 8 heteroatoms. The molecule has 0 spiro atoms. The molecule has 126 valence electrons. The lowest BCUT2D eigenvalue weighted by atomic mass is 9.77. The number of nitrogens with one attached hydrogen (secondary N) is 1. The number of carbonyl (C=O) groups excluding carboxylic acids is 2. The fourth-order valence-electron chi connectivity index (χ4n) is 3.65. The van der Waals surface area contributed by atoms with E-state index in [2.05, 4.69) is 15.6 Å². The van der Waals surface area contributed by atoms with E-state index < -0.39 is 11.9 Å². The Balaban J connectivity index is 1.73. The van der Waals surface area contributed by atoms with E-state index in [0.717, 1.165) is 11.3 Å². The van der Waals surface area contributed by atoms with Crippen molar-refractivity contribution in [2.45, 2.75) is 12.3 Å². The molecule has 8 nitrogen and oxygen atoms in total. The van der Waals surface area contributed by atoms with E-state index >= 15 is 0 Å². The highest BCUT2D eigenvalue weighted by atomic mass is 16.6. The first kappa shape index (κ1) is 14.4. The average molecular weight is 339 g/mol. The number of ketones is 1. The molecule has 2 aromatic rings. The summed E-state index contributed by atoms with van der Waals surface area (Å²) < 4.78 is 15.3. The second-order valence-corrected chi connectivity index (χ2v) is 6.16. The van der Waals surface area contributed by atoms with Crippen molar-refractivity contribution in [2.24, 2.45) is 0 Å². The van der Waals surface area contributed by atoms with Gasteiger partial charge in [0, 0.05) is 29.3 Å². The SMILES string of the molecule is O=C1COCC2=C1C(c1ccc3nonc3c1)C1=C(CCOC1=O)N2. The number of fused-ring (bicyclic) bond motifs is 1. The van der Waals surface area contributed by atoms with Crippen LogP contribution in [-0.4, -0.2) is 41.9 Å². The molecule has 0 fully saturated rings. The van der Waals surface area contributed by atoms with Crippen molar-refractivity contribution in [3.63, 3.8) is 0 Å². The summed E-state index contributed by atoms with van der Waals surface area (Å²) in [5, 5.41) is 10.9. The van der Waals surface area contributed by atoms with Gasteiger partial charge in [-0.25, -0.2) is 9.42 Å². The molecule has 1 unspecified atom stereocenters. The molecule has 0 radical (unpaired) electrons. The van der Waals surface area contributed by atoms with Crippen molar-refractivity contribution in [1.29, 1.82) is 0 Å². The van der Waals surface area contributed by atoms with Gasteiger partial charge in [0.25, 0.3) is 0 Å². The zero-order valence-corrected chi connectivity index (χ0v) is 13.1. The van der Waals surface area contributed by atoms with Crippen LogP contribution in [0, 0.1) is 0 Å². The summed E-state index contributed by atoms with van der Waals surface area (Å²) in [5.41, 5.74) is 4.51. The molecule has 1 atom stereocenters. The summed E-state index contributed by atoms with van der Waals surface area (Å²) >= 11 is 0. The first-order valence-corrected chi connectivity index (χ1v) is 7.96. The normalized spacial score (nSPS) is 23.3. The molecule has 0 saturated carbocycles. The van der Waals surface area contributed by atoms with Crippen molar-refractivity contribution < 1.29 is 23.7 Å². The van der Waals surface area contributed by atoms with E-state index in [1.807, 2.05) is 6.07 Å². The minimum atomic E-state index is -0.503. The lowest BCUT2D eigenvalue weighted by molar-refractivity contribution is -0.140. The standard InChI is InChI=1S/C17H13N3O5/c21-13-7-23-6-12-15(13)14(16-10(18-12)3-4-24-17(16)22)8-1-2-9-11(5-8)20-25-19-9/h1-2,5,14,18H,3-4,6-7H2. The van der Waals surface area contributed by atoms with Crippen LogP contribution in [-0.2, 0) is 19.1 Å². The number of dihydropyridines is 1. The lowest BCUT2D eigenvalue weighted by Gasteiger charge is -2.36. The van der Waals surface area contributed by atoms with Crippen LogP contribution in [0.5, 0.6) is 0 Å². The van der Waals surface area contributed by atoms with Gasteiger partial charge in [0.15, 0.2) is 5.78 Å². The zero-order valence-electron chi connectivity index (χ0n) is 13.1. The number of rotatable bonds is 1. The summed E-state index contributed by atoms with van der Waals surface area (Å²) in [4.78, 5) is 25.0. The van der Waals surface area contributed by atoms with E-state index in [-0.39, 0.29) is 12.4 Å². The van der Waals surface area contributed by atoms with Gasteiger partial charge >= 0.3 is 5.97 Å². The maximum absolute atomic E-state index is 12.6. The Bertz CT molecular complexity index is 945. The molecule has 0 saturated heterocycles. The molecule has 1 N–H and O–H groups in total. The van der Waals surface area contributed by atoms with Crippen LogP contribution < -0.4 is 5.32 Å². The predicted octanol–water partition coefficient (Wildman–Crippen LogP) is 0.964. The summed E-state index contributed by atoms with van der Waals surface area (Å²) in [7, 11) is 0. The third kappa shape index (κ3) is 2.11. The molecule has 3 aliphatic heterocycles. The topological polar surface area (TPSA) is 104 Å². The first-order chi connectivity index (χ1) is 12.2. The van der Waals surface area contributed by atoms with Gasteiger partial charge in [-0.2, -0.15) is 0 Å². The highest BCUT2D eigenvalue weighted by Gasteiger charge is 2.41. The number of nitrogens with zero attached hydrogens (tertiary/aromatic N) is 2. The fraction of sp³-hybridized carbons (Fsp3) is 0.294. The number of hydrogen-bond acceptors (Lipinski definition) is 8. The second-order valence-electron chi connectivity index (χ2n) is 6.16. The second kappa shape index (κ2) is 5.25. The van der Waals surface area contributed by atoms with Gasteiger partial charge < -0.3 is 14.8 Å². The predicted molar refractivity (Wildman–Crippen MR) is 83.1 cm³/mol. The van der Waals surface area contributed by atoms with Crippen LogP contribution in [0.25, 0.3) is 11.0 Å². The fourth-order valence-corrected chi connectivity index (χ4v) is 3.65. The van der Waals surface area contributed by atoms with Crippen molar-refractivity contribution in [1.82, 2.24) is 15.6 Å². The van der Waals surface area contributed by atoms with Gasteiger partial charge in [-0.3, -0.25) is 4.79 Å².